The number of hydrogen-bond donors (Lipinski definition) is 1. The van der Waals surface area contributed by atoms with Crippen molar-refractivity contribution in [2.45, 2.75) is 51.7 Å². The number of thioether (sulfide) groups is 1. The zero-order chi connectivity index (χ0) is 14.3. The first kappa shape index (κ1) is 16.1. The Kier molecular flexibility index (Phi) is 6.99. The second-order valence-corrected chi connectivity index (χ2v) is 5.59. The SMILES string of the molecule is CCCNc1cc(N(CCC)C(C)C)nc(SC)n1. The van der Waals surface area contributed by atoms with E-state index in [1.165, 1.54) is 0 Å². The van der Waals surface area contributed by atoms with Crippen LogP contribution in [0.25, 0.3) is 0 Å². The van der Waals surface area contributed by atoms with Gasteiger partial charge in [-0.25, -0.2) is 9.97 Å². The van der Waals surface area contributed by atoms with Crippen molar-refractivity contribution in [1.29, 1.82) is 0 Å². The first-order valence-corrected chi connectivity index (χ1v) is 8.28. The zero-order valence-corrected chi connectivity index (χ0v) is 13.5. The number of aromatic nitrogens is 2. The maximum atomic E-state index is 4.64. The van der Waals surface area contributed by atoms with E-state index in [1.807, 2.05) is 6.26 Å². The molecule has 0 bridgehead atoms. The van der Waals surface area contributed by atoms with E-state index < -0.39 is 0 Å². The van der Waals surface area contributed by atoms with Crippen LogP contribution in [0.3, 0.4) is 0 Å². The van der Waals surface area contributed by atoms with Gasteiger partial charge < -0.3 is 10.2 Å². The Hall–Kier alpha value is -0.970. The molecule has 19 heavy (non-hydrogen) atoms. The molecule has 0 fully saturated rings. The minimum Gasteiger partial charge on any atom is -0.370 e. The molecule has 1 aromatic rings. The molecule has 0 spiro atoms. The van der Waals surface area contributed by atoms with Crippen LogP contribution < -0.4 is 10.2 Å². The van der Waals surface area contributed by atoms with Gasteiger partial charge in [-0.2, -0.15) is 0 Å². The van der Waals surface area contributed by atoms with Gasteiger partial charge in [0.2, 0.25) is 0 Å². The van der Waals surface area contributed by atoms with Gasteiger partial charge in [-0.1, -0.05) is 25.6 Å². The van der Waals surface area contributed by atoms with Crippen molar-refractivity contribution in [3.8, 4) is 0 Å². The van der Waals surface area contributed by atoms with Gasteiger partial charge in [0, 0.05) is 25.2 Å². The van der Waals surface area contributed by atoms with Crippen molar-refractivity contribution in [2.24, 2.45) is 0 Å². The van der Waals surface area contributed by atoms with Crippen molar-refractivity contribution in [3.63, 3.8) is 0 Å². The third-order valence-corrected chi connectivity index (χ3v) is 3.36. The van der Waals surface area contributed by atoms with E-state index in [9.17, 15) is 0 Å². The van der Waals surface area contributed by atoms with Crippen molar-refractivity contribution < 1.29 is 0 Å². The van der Waals surface area contributed by atoms with Crippen molar-refractivity contribution >= 4 is 23.4 Å². The largest absolute Gasteiger partial charge is 0.370 e. The van der Waals surface area contributed by atoms with Crippen molar-refractivity contribution in [3.05, 3.63) is 6.07 Å². The molecule has 0 aliphatic carbocycles. The smallest absolute Gasteiger partial charge is 0.191 e. The standard InChI is InChI=1S/C14H26N4S/c1-6-8-15-12-10-13(17-14(16-12)19-5)18(9-7-2)11(3)4/h10-11H,6-9H2,1-5H3,(H,15,16,17). The molecular weight excluding hydrogens is 256 g/mol. The summed E-state index contributed by atoms with van der Waals surface area (Å²) in [6.45, 7) is 10.7. The molecule has 0 aromatic carbocycles. The molecule has 0 amide bonds. The van der Waals surface area contributed by atoms with Gasteiger partial charge >= 0.3 is 0 Å². The van der Waals surface area contributed by atoms with Gasteiger partial charge in [-0.15, -0.1) is 0 Å². The molecule has 1 N–H and O–H groups in total. The second kappa shape index (κ2) is 8.25. The summed E-state index contributed by atoms with van der Waals surface area (Å²) in [5.41, 5.74) is 0. The number of nitrogens with one attached hydrogen (secondary N) is 1. The Bertz CT molecular complexity index is 382. The van der Waals surface area contributed by atoms with Crippen LogP contribution in [0.1, 0.15) is 40.5 Å². The van der Waals surface area contributed by atoms with Crippen LogP contribution in [-0.4, -0.2) is 35.4 Å². The molecule has 0 saturated heterocycles. The molecule has 0 aliphatic rings. The highest BCUT2D eigenvalue weighted by Crippen LogP contribution is 2.22. The Balaban J connectivity index is 3.02. The van der Waals surface area contributed by atoms with Gasteiger partial charge in [-0.05, 0) is 32.9 Å². The summed E-state index contributed by atoms with van der Waals surface area (Å²) < 4.78 is 0. The van der Waals surface area contributed by atoms with Crippen LogP contribution in [0, 0.1) is 0 Å². The van der Waals surface area contributed by atoms with E-state index in [2.05, 4.69) is 53.9 Å². The van der Waals surface area contributed by atoms with E-state index in [4.69, 9.17) is 0 Å². The second-order valence-electron chi connectivity index (χ2n) is 4.81. The highest BCUT2D eigenvalue weighted by atomic mass is 32.2. The summed E-state index contributed by atoms with van der Waals surface area (Å²) in [4.78, 5) is 11.5. The normalized spacial score (nSPS) is 10.8. The Morgan fingerprint density at radius 1 is 1.26 bits per heavy atom. The van der Waals surface area contributed by atoms with E-state index in [-0.39, 0.29) is 0 Å². The van der Waals surface area contributed by atoms with Crippen LogP contribution in [0.2, 0.25) is 0 Å². The first-order chi connectivity index (χ1) is 9.12. The fourth-order valence-electron chi connectivity index (χ4n) is 1.87. The van der Waals surface area contributed by atoms with Crippen molar-refractivity contribution in [1.82, 2.24) is 9.97 Å². The average Bonchev–Trinajstić information content (AvgIpc) is 2.41. The Labute approximate surface area is 121 Å². The minimum absolute atomic E-state index is 0.448. The van der Waals surface area contributed by atoms with Gasteiger partial charge in [0.1, 0.15) is 11.6 Å². The quantitative estimate of drug-likeness (QED) is 0.582. The summed E-state index contributed by atoms with van der Waals surface area (Å²) in [5, 5.41) is 4.19. The van der Waals surface area contributed by atoms with E-state index in [0.717, 1.165) is 42.7 Å². The first-order valence-electron chi connectivity index (χ1n) is 7.05. The number of anilines is 2. The van der Waals surface area contributed by atoms with Crippen molar-refractivity contribution in [2.75, 3.05) is 29.6 Å². The molecule has 0 saturated carbocycles. The molecule has 0 aliphatic heterocycles. The molecular formula is C14H26N4S. The predicted octanol–water partition coefficient (Wildman–Crippen LogP) is 3.65. The number of nitrogens with zero attached hydrogens (tertiary/aromatic N) is 3. The lowest BCUT2D eigenvalue weighted by molar-refractivity contribution is 0.656. The monoisotopic (exact) mass is 282 g/mol. The predicted molar refractivity (Wildman–Crippen MR) is 85.4 cm³/mol. The van der Waals surface area contributed by atoms with E-state index in [1.54, 1.807) is 11.8 Å². The van der Waals surface area contributed by atoms with Crippen LogP contribution in [-0.2, 0) is 0 Å². The summed E-state index contributed by atoms with van der Waals surface area (Å²) >= 11 is 1.59. The fraction of sp³-hybridized carbons (Fsp3) is 0.714. The minimum atomic E-state index is 0.448. The zero-order valence-electron chi connectivity index (χ0n) is 12.7. The molecule has 1 heterocycles. The maximum absolute atomic E-state index is 4.64. The fourth-order valence-corrected chi connectivity index (χ4v) is 2.25. The third-order valence-electron chi connectivity index (χ3n) is 2.81. The van der Waals surface area contributed by atoms with Gasteiger partial charge in [0.25, 0.3) is 0 Å². The summed E-state index contributed by atoms with van der Waals surface area (Å²) in [5.74, 6) is 1.95. The molecule has 5 heteroatoms. The highest BCUT2D eigenvalue weighted by molar-refractivity contribution is 7.98. The van der Waals surface area contributed by atoms with Crippen LogP contribution in [0.5, 0.6) is 0 Å². The van der Waals surface area contributed by atoms with Crippen LogP contribution in [0.15, 0.2) is 11.2 Å². The molecule has 0 atom stereocenters. The topological polar surface area (TPSA) is 41.0 Å². The number of rotatable bonds is 8. The lowest BCUT2D eigenvalue weighted by Crippen LogP contribution is -2.32. The Morgan fingerprint density at radius 3 is 2.53 bits per heavy atom. The lowest BCUT2D eigenvalue weighted by atomic mass is 10.3. The molecule has 0 unspecified atom stereocenters. The van der Waals surface area contributed by atoms with Crippen LogP contribution >= 0.6 is 11.8 Å². The molecule has 1 aromatic heterocycles. The molecule has 0 radical (unpaired) electrons. The summed E-state index contributed by atoms with van der Waals surface area (Å²) in [6, 6.07) is 2.51. The van der Waals surface area contributed by atoms with E-state index in [0.29, 0.717) is 6.04 Å². The van der Waals surface area contributed by atoms with Gasteiger partial charge in [0.15, 0.2) is 5.16 Å². The third kappa shape index (κ3) is 4.90. The number of hydrogen-bond acceptors (Lipinski definition) is 5. The van der Waals surface area contributed by atoms with Crippen LogP contribution in [0.4, 0.5) is 11.6 Å². The average molecular weight is 282 g/mol. The summed E-state index contributed by atoms with van der Waals surface area (Å²) in [7, 11) is 0. The Morgan fingerprint density at radius 2 is 2.00 bits per heavy atom. The lowest BCUT2D eigenvalue weighted by Gasteiger charge is -2.28. The maximum Gasteiger partial charge on any atom is 0.191 e. The van der Waals surface area contributed by atoms with Gasteiger partial charge in [0.05, 0.1) is 0 Å². The van der Waals surface area contributed by atoms with Gasteiger partial charge in [-0.3, -0.25) is 0 Å². The molecule has 108 valence electrons. The molecule has 1 rings (SSSR count). The molecule has 4 nitrogen and oxygen atoms in total. The van der Waals surface area contributed by atoms with E-state index >= 15 is 0 Å². The summed E-state index contributed by atoms with van der Waals surface area (Å²) in [6.07, 6.45) is 4.23. The highest BCUT2D eigenvalue weighted by Gasteiger charge is 2.13.